The molecule has 2 N–H and O–H groups in total. The van der Waals surface area contributed by atoms with Crippen molar-refractivity contribution in [3.8, 4) is 0 Å². The molecule has 0 bridgehead atoms. The summed E-state index contributed by atoms with van der Waals surface area (Å²) in [5.41, 5.74) is 1.16. The number of nitrogens with one attached hydrogen (secondary N) is 2. The van der Waals surface area contributed by atoms with E-state index in [1.807, 2.05) is 45.0 Å². The van der Waals surface area contributed by atoms with Gasteiger partial charge in [-0.25, -0.2) is 4.79 Å². The second-order valence-electron chi connectivity index (χ2n) is 9.23. The first-order chi connectivity index (χ1) is 15.0. The Morgan fingerprint density at radius 3 is 2.19 bits per heavy atom. The van der Waals surface area contributed by atoms with Crippen LogP contribution >= 0.6 is 0 Å². The van der Waals surface area contributed by atoms with Gasteiger partial charge in [0.15, 0.2) is 0 Å². The molecule has 0 heterocycles. The number of benzene rings is 1. The molecule has 7 nitrogen and oxygen atoms in total. The summed E-state index contributed by atoms with van der Waals surface area (Å²) >= 11 is 0. The maximum absolute atomic E-state index is 13.3. The zero-order valence-electron chi connectivity index (χ0n) is 20.8. The van der Waals surface area contributed by atoms with Gasteiger partial charge in [0, 0.05) is 12.6 Å². The summed E-state index contributed by atoms with van der Waals surface area (Å²) in [6.45, 7) is 13.6. The standard InChI is InChI=1S/C25H41N3O4/c1-8-10-11-16-26-23(30)22(20-14-12-18(3)13-15-20)28(19(4)9-2)21(29)17-27-24(31)32-25(5,6)7/h12-15,19,22H,8-11,16-17H2,1-7H3,(H,26,30)(H,27,31). The van der Waals surface area contributed by atoms with Crippen LogP contribution in [0.15, 0.2) is 24.3 Å². The largest absolute Gasteiger partial charge is 0.444 e. The molecule has 32 heavy (non-hydrogen) atoms. The highest BCUT2D eigenvalue weighted by molar-refractivity contribution is 5.90. The minimum atomic E-state index is -0.778. The van der Waals surface area contributed by atoms with Crippen molar-refractivity contribution in [2.75, 3.05) is 13.1 Å². The predicted octanol–water partition coefficient (Wildman–Crippen LogP) is 4.49. The number of rotatable bonds is 11. The lowest BCUT2D eigenvalue weighted by atomic mass is 10.00. The predicted molar refractivity (Wildman–Crippen MR) is 127 cm³/mol. The van der Waals surface area contributed by atoms with Gasteiger partial charge in [-0.2, -0.15) is 0 Å². The second kappa shape index (κ2) is 13.1. The van der Waals surface area contributed by atoms with Gasteiger partial charge in [0.2, 0.25) is 11.8 Å². The first-order valence-electron chi connectivity index (χ1n) is 11.6. The van der Waals surface area contributed by atoms with Gasteiger partial charge in [0.1, 0.15) is 18.2 Å². The Kier molecular flexibility index (Phi) is 11.2. The number of carbonyl (C=O) groups excluding carboxylic acids is 3. The average molecular weight is 448 g/mol. The van der Waals surface area contributed by atoms with Crippen LogP contribution in [0.25, 0.3) is 0 Å². The molecular weight excluding hydrogens is 406 g/mol. The number of carbonyl (C=O) groups is 3. The molecule has 2 unspecified atom stereocenters. The molecule has 0 aliphatic carbocycles. The van der Waals surface area contributed by atoms with Crippen LogP contribution < -0.4 is 10.6 Å². The van der Waals surface area contributed by atoms with Crippen LogP contribution in [0.2, 0.25) is 0 Å². The van der Waals surface area contributed by atoms with Crippen LogP contribution in [-0.4, -0.2) is 47.5 Å². The number of alkyl carbamates (subject to hydrolysis) is 1. The first-order valence-corrected chi connectivity index (χ1v) is 11.6. The van der Waals surface area contributed by atoms with Crippen molar-refractivity contribution >= 4 is 17.9 Å². The second-order valence-corrected chi connectivity index (χ2v) is 9.23. The minimum absolute atomic E-state index is 0.198. The number of amides is 3. The summed E-state index contributed by atoms with van der Waals surface area (Å²) in [6, 6.07) is 6.66. The molecule has 0 aromatic heterocycles. The summed E-state index contributed by atoms with van der Waals surface area (Å²) in [6.07, 6.45) is 2.99. The third-order valence-electron chi connectivity index (χ3n) is 5.14. The summed E-state index contributed by atoms with van der Waals surface area (Å²) in [4.78, 5) is 40.2. The highest BCUT2D eigenvalue weighted by Crippen LogP contribution is 2.25. The number of unbranched alkanes of at least 4 members (excludes halogenated alkanes) is 2. The minimum Gasteiger partial charge on any atom is -0.444 e. The SMILES string of the molecule is CCCCCNC(=O)C(c1ccc(C)cc1)N(C(=O)CNC(=O)OC(C)(C)C)C(C)CC. The van der Waals surface area contributed by atoms with E-state index >= 15 is 0 Å². The van der Waals surface area contributed by atoms with Crippen molar-refractivity contribution in [1.82, 2.24) is 15.5 Å². The first kappa shape index (κ1) is 27.5. The van der Waals surface area contributed by atoms with Crippen molar-refractivity contribution in [2.24, 2.45) is 0 Å². The summed E-state index contributed by atoms with van der Waals surface area (Å²) in [5.74, 6) is -0.546. The Labute approximate surface area is 193 Å². The van der Waals surface area contributed by atoms with Gasteiger partial charge >= 0.3 is 6.09 Å². The van der Waals surface area contributed by atoms with E-state index in [9.17, 15) is 14.4 Å². The fourth-order valence-electron chi connectivity index (χ4n) is 3.26. The lowest BCUT2D eigenvalue weighted by molar-refractivity contribution is -0.142. The fraction of sp³-hybridized carbons (Fsp3) is 0.640. The molecule has 7 heteroatoms. The van der Waals surface area contributed by atoms with E-state index in [0.717, 1.165) is 30.4 Å². The molecule has 0 aliphatic heterocycles. The third-order valence-corrected chi connectivity index (χ3v) is 5.14. The molecule has 1 aromatic carbocycles. The highest BCUT2D eigenvalue weighted by Gasteiger charge is 2.34. The maximum Gasteiger partial charge on any atom is 0.408 e. The van der Waals surface area contributed by atoms with Gasteiger partial charge in [-0.1, -0.05) is 56.5 Å². The molecule has 180 valence electrons. The number of hydrogen-bond acceptors (Lipinski definition) is 4. The van der Waals surface area contributed by atoms with E-state index in [2.05, 4.69) is 17.6 Å². The smallest absolute Gasteiger partial charge is 0.408 e. The average Bonchev–Trinajstić information content (AvgIpc) is 2.72. The number of hydrogen-bond donors (Lipinski definition) is 2. The molecule has 0 aliphatic rings. The Morgan fingerprint density at radius 2 is 1.66 bits per heavy atom. The maximum atomic E-state index is 13.3. The van der Waals surface area contributed by atoms with Crippen LogP contribution in [0.3, 0.4) is 0 Å². The van der Waals surface area contributed by atoms with Crippen LogP contribution in [0.4, 0.5) is 4.79 Å². The van der Waals surface area contributed by atoms with E-state index in [-0.39, 0.29) is 24.4 Å². The van der Waals surface area contributed by atoms with Gasteiger partial charge in [0.25, 0.3) is 0 Å². The lowest BCUT2D eigenvalue weighted by Crippen LogP contribution is -2.51. The van der Waals surface area contributed by atoms with Crippen molar-refractivity contribution < 1.29 is 19.1 Å². The molecular formula is C25H41N3O4. The number of aryl methyl sites for hydroxylation is 1. The van der Waals surface area contributed by atoms with Gasteiger partial charge in [0.05, 0.1) is 0 Å². The van der Waals surface area contributed by atoms with Gasteiger partial charge < -0.3 is 20.3 Å². The summed E-state index contributed by atoms with van der Waals surface area (Å²) in [7, 11) is 0. The Morgan fingerprint density at radius 1 is 1.03 bits per heavy atom. The monoisotopic (exact) mass is 447 g/mol. The molecule has 0 spiro atoms. The molecule has 1 aromatic rings. The Bertz CT molecular complexity index is 741. The van der Waals surface area contributed by atoms with Crippen molar-refractivity contribution in [1.29, 1.82) is 0 Å². The van der Waals surface area contributed by atoms with Crippen molar-refractivity contribution in [3.05, 3.63) is 35.4 Å². The molecule has 1 rings (SSSR count). The van der Waals surface area contributed by atoms with E-state index in [1.54, 1.807) is 25.7 Å². The molecule has 0 saturated heterocycles. The van der Waals surface area contributed by atoms with Crippen LogP contribution in [0.1, 0.15) is 84.4 Å². The van der Waals surface area contributed by atoms with Gasteiger partial charge in [-0.05, 0) is 53.0 Å². The Hall–Kier alpha value is -2.57. The zero-order chi connectivity index (χ0) is 24.3. The lowest BCUT2D eigenvalue weighted by Gasteiger charge is -2.36. The molecule has 3 amide bonds. The zero-order valence-corrected chi connectivity index (χ0v) is 20.8. The van der Waals surface area contributed by atoms with Crippen molar-refractivity contribution in [3.63, 3.8) is 0 Å². The van der Waals surface area contributed by atoms with Crippen molar-refractivity contribution in [2.45, 2.75) is 91.8 Å². The van der Waals surface area contributed by atoms with E-state index in [0.29, 0.717) is 13.0 Å². The van der Waals surface area contributed by atoms with E-state index in [1.165, 1.54) is 0 Å². The normalized spacial score (nSPS) is 13.1. The van der Waals surface area contributed by atoms with E-state index in [4.69, 9.17) is 4.74 Å². The molecule has 0 radical (unpaired) electrons. The topological polar surface area (TPSA) is 87.7 Å². The van der Waals surface area contributed by atoms with Crippen LogP contribution in [0.5, 0.6) is 0 Å². The van der Waals surface area contributed by atoms with E-state index < -0.39 is 17.7 Å². The number of nitrogens with zero attached hydrogens (tertiary/aromatic N) is 1. The third kappa shape index (κ3) is 9.28. The molecule has 0 saturated carbocycles. The van der Waals surface area contributed by atoms with Crippen LogP contribution in [-0.2, 0) is 14.3 Å². The van der Waals surface area contributed by atoms with Crippen LogP contribution in [0, 0.1) is 6.92 Å². The summed E-state index contributed by atoms with van der Waals surface area (Å²) in [5, 5.41) is 5.52. The Balaban J connectivity index is 3.13. The number of ether oxygens (including phenoxy) is 1. The highest BCUT2D eigenvalue weighted by atomic mass is 16.6. The van der Waals surface area contributed by atoms with Gasteiger partial charge in [-0.3, -0.25) is 9.59 Å². The molecule has 2 atom stereocenters. The molecule has 0 fully saturated rings. The summed E-state index contributed by atoms with van der Waals surface area (Å²) < 4.78 is 5.24. The quantitative estimate of drug-likeness (QED) is 0.489. The van der Waals surface area contributed by atoms with Gasteiger partial charge in [-0.15, -0.1) is 0 Å². The fourth-order valence-corrected chi connectivity index (χ4v) is 3.26.